The van der Waals surface area contributed by atoms with Crippen LogP contribution in [0.2, 0.25) is 0 Å². The van der Waals surface area contributed by atoms with Gasteiger partial charge >= 0.3 is 0 Å². The summed E-state index contributed by atoms with van der Waals surface area (Å²) in [5.74, 6) is 0. The van der Waals surface area contributed by atoms with E-state index in [4.69, 9.17) is 0 Å². The second-order valence-electron chi connectivity index (χ2n) is 2.21. The molecular formula is C6H12N2S. The van der Waals surface area contributed by atoms with Crippen LogP contribution in [0, 0.1) is 0 Å². The van der Waals surface area contributed by atoms with E-state index in [2.05, 4.69) is 23.7 Å². The van der Waals surface area contributed by atoms with Crippen molar-refractivity contribution in [3.05, 3.63) is 12.3 Å². The van der Waals surface area contributed by atoms with Crippen molar-refractivity contribution in [3.63, 3.8) is 0 Å². The van der Waals surface area contributed by atoms with Gasteiger partial charge in [-0.25, -0.2) is 10.9 Å². The van der Waals surface area contributed by atoms with Gasteiger partial charge in [-0.3, -0.25) is 4.68 Å². The summed E-state index contributed by atoms with van der Waals surface area (Å²) in [6.45, 7) is 0. The smallest absolute Gasteiger partial charge is 0.0736 e. The lowest BCUT2D eigenvalue weighted by atomic mass is 10.7. The summed E-state index contributed by atoms with van der Waals surface area (Å²) in [5, 5.41) is 5.42. The van der Waals surface area contributed by atoms with E-state index in [9.17, 15) is 0 Å². The number of rotatable bonds is 1. The molecule has 1 rings (SSSR count). The Morgan fingerprint density at radius 1 is 1.56 bits per heavy atom. The average molecular weight is 144 g/mol. The minimum absolute atomic E-state index is 0.0211. The quantitative estimate of drug-likeness (QED) is 0.583. The van der Waals surface area contributed by atoms with Gasteiger partial charge in [-0.15, -0.1) is 0 Å². The van der Waals surface area contributed by atoms with E-state index in [0.717, 1.165) is 0 Å². The lowest BCUT2D eigenvalue weighted by molar-refractivity contribution is 0.698. The molecule has 0 spiro atoms. The Bertz CT molecular complexity index is 193. The van der Waals surface area contributed by atoms with Crippen LogP contribution in [0.3, 0.4) is 0 Å². The lowest BCUT2D eigenvalue weighted by Crippen LogP contribution is -1.93. The highest BCUT2D eigenvalue weighted by Gasteiger charge is 1.97. The third kappa shape index (κ3) is 1.27. The van der Waals surface area contributed by atoms with E-state index in [1.54, 1.807) is 0 Å². The molecule has 1 aromatic rings. The van der Waals surface area contributed by atoms with E-state index in [-0.39, 0.29) is 10.9 Å². The molecule has 0 saturated heterocycles. The molecular weight excluding hydrogens is 132 g/mol. The first-order valence-corrected chi connectivity index (χ1v) is 5.11. The molecule has 0 atom stereocenters. The average Bonchev–Trinajstić information content (AvgIpc) is 2.13. The van der Waals surface area contributed by atoms with Crippen molar-refractivity contribution in [3.8, 4) is 0 Å². The van der Waals surface area contributed by atoms with Crippen LogP contribution in [0.5, 0.6) is 0 Å². The molecule has 1 aromatic heterocycles. The highest BCUT2D eigenvalue weighted by Crippen LogP contribution is 2.26. The Morgan fingerprint density at radius 2 is 2.22 bits per heavy atom. The third-order valence-electron chi connectivity index (χ3n) is 1.25. The number of nitrogens with zero attached hydrogens (tertiary/aromatic N) is 2. The summed E-state index contributed by atoms with van der Waals surface area (Å²) in [7, 11) is 2.00. The van der Waals surface area contributed by atoms with Crippen LogP contribution in [0.1, 0.15) is 0 Å². The van der Waals surface area contributed by atoms with Gasteiger partial charge < -0.3 is 0 Å². The monoisotopic (exact) mass is 144 g/mol. The molecule has 0 bridgehead atoms. The van der Waals surface area contributed by atoms with Gasteiger partial charge in [0.15, 0.2) is 0 Å². The molecule has 0 aliphatic carbocycles. The van der Waals surface area contributed by atoms with Crippen molar-refractivity contribution < 1.29 is 0 Å². The fourth-order valence-electron chi connectivity index (χ4n) is 0.806. The number of hydrogen-bond donors (Lipinski definition) is 1. The minimum Gasteiger partial charge on any atom is -0.264 e. The largest absolute Gasteiger partial charge is 0.264 e. The molecule has 0 amide bonds. The summed E-state index contributed by atoms with van der Waals surface area (Å²) in [5.41, 5.74) is 0. The van der Waals surface area contributed by atoms with E-state index < -0.39 is 0 Å². The van der Waals surface area contributed by atoms with E-state index in [0.29, 0.717) is 0 Å². The predicted molar refractivity (Wildman–Crippen MR) is 42.3 cm³/mol. The first-order valence-electron chi connectivity index (χ1n) is 2.87. The maximum absolute atomic E-state index is 4.07. The lowest BCUT2D eigenvalue weighted by Gasteiger charge is -2.07. The van der Waals surface area contributed by atoms with Gasteiger partial charge in [-0.1, -0.05) is 0 Å². The van der Waals surface area contributed by atoms with Crippen LogP contribution in [0.15, 0.2) is 17.3 Å². The Hall–Kier alpha value is -0.440. The Kier molecular flexibility index (Phi) is 1.81. The topological polar surface area (TPSA) is 17.8 Å². The molecule has 9 heavy (non-hydrogen) atoms. The maximum atomic E-state index is 4.07. The SMILES string of the molecule is Cn1nccc1[SH](C)C. The molecule has 2 nitrogen and oxygen atoms in total. The summed E-state index contributed by atoms with van der Waals surface area (Å²) in [6.07, 6.45) is 6.30. The van der Waals surface area contributed by atoms with Gasteiger partial charge in [0, 0.05) is 7.05 Å². The number of thiol groups is 1. The molecule has 0 aliphatic heterocycles. The zero-order chi connectivity index (χ0) is 6.85. The summed E-state index contributed by atoms with van der Waals surface area (Å²) < 4.78 is 1.94. The summed E-state index contributed by atoms with van der Waals surface area (Å²) in [4.78, 5) is 0. The molecule has 1 heterocycles. The molecule has 0 aromatic carbocycles. The molecule has 0 unspecified atom stereocenters. The maximum Gasteiger partial charge on any atom is 0.0736 e. The summed E-state index contributed by atoms with van der Waals surface area (Å²) >= 11 is 0. The van der Waals surface area contributed by atoms with Gasteiger partial charge in [-0.2, -0.15) is 5.10 Å². The van der Waals surface area contributed by atoms with Crippen LogP contribution in [-0.4, -0.2) is 22.3 Å². The van der Waals surface area contributed by atoms with Crippen LogP contribution >= 0.6 is 10.9 Å². The van der Waals surface area contributed by atoms with Gasteiger partial charge in [-0.05, 0) is 18.6 Å². The molecule has 0 aliphatic rings. The molecule has 0 fully saturated rings. The fourth-order valence-corrected chi connectivity index (χ4v) is 1.80. The van der Waals surface area contributed by atoms with Crippen LogP contribution < -0.4 is 0 Å². The highest BCUT2D eigenvalue weighted by molar-refractivity contribution is 8.15. The first kappa shape index (κ1) is 6.68. The van der Waals surface area contributed by atoms with Crippen molar-refractivity contribution in [1.29, 1.82) is 0 Å². The first-order chi connectivity index (χ1) is 4.22. The number of hydrogen-bond acceptors (Lipinski definition) is 1. The normalized spacial score (nSPS) is 11.7. The van der Waals surface area contributed by atoms with Gasteiger partial charge in [0.25, 0.3) is 0 Å². The third-order valence-corrected chi connectivity index (χ3v) is 2.61. The van der Waals surface area contributed by atoms with Crippen molar-refractivity contribution in [2.24, 2.45) is 7.05 Å². The fraction of sp³-hybridized carbons (Fsp3) is 0.500. The minimum atomic E-state index is 0.0211. The van der Waals surface area contributed by atoms with Crippen molar-refractivity contribution in [2.45, 2.75) is 5.03 Å². The van der Waals surface area contributed by atoms with Crippen molar-refractivity contribution in [2.75, 3.05) is 12.5 Å². The second-order valence-corrected chi connectivity index (χ2v) is 4.45. The van der Waals surface area contributed by atoms with E-state index >= 15 is 0 Å². The van der Waals surface area contributed by atoms with Gasteiger partial charge in [0.1, 0.15) is 0 Å². The van der Waals surface area contributed by atoms with E-state index in [1.807, 2.05) is 17.9 Å². The number of aryl methyl sites for hydroxylation is 1. The standard InChI is InChI=1S/C6H12N2S/c1-8-6(9(2)3)4-5-7-8/h4-5,9H,1-3H3. The Morgan fingerprint density at radius 3 is 2.44 bits per heavy atom. The zero-order valence-corrected chi connectivity index (χ0v) is 6.89. The van der Waals surface area contributed by atoms with E-state index in [1.165, 1.54) is 5.03 Å². The highest BCUT2D eigenvalue weighted by atomic mass is 32.2. The Labute approximate surface area is 58.2 Å². The number of aromatic nitrogens is 2. The molecule has 0 N–H and O–H groups in total. The van der Waals surface area contributed by atoms with Crippen LogP contribution in [-0.2, 0) is 7.05 Å². The predicted octanol–water partition coefficient (Wildman–Crippen LogP) is 1.04. The van der Waals surface area contributed by atoms with Gasteiger partial charge in [0.2, 0.25) is 0 Å². The molecule has 3 heteroatoms. The second kappa shape index (κ2) is 2.43. The zero-order valence-electron chi connectivity index (χ0n) is 6.00. The van der Waals surface area contributed by atoms with Gasteiger partial charge in [0.05, 0.1) is 11.2 Å². The molecule has 52 valence electrons. The van der Waals surface area contributed by atoms with Crippen LogP contribution in [0.4, 0.5) is 0 Å². The Balaban J connectivity index is 2.94. The summed E-state index contributed by atoms with van der Waals surface area (Å²) in [6, 6.07) is 2.08. The van der Waals surface area contributed by atoms with Crippen molar-refractivity contribution in [1.82, 2.24) is 9.78 Å². The molecule has 0 saturated carbocycles. The van der Waals surface area contributed by atoms with Crippen LogP contribution in [0.25, 0.3) is 0 Å². The molecule has 0 radical (unpaired) electrons. The van der Waals surface area contributed by atoms with Crippen molar-refractivity contribution >= 4 is 10.9 Å².